The number of halogens is 2. The Labute approximate surface area is 239 Å². The van der Waals surface area contributed by atoms with Crippen LogP contribution in [-0.4, -0.2) is 4.21 Å². The topological polar surface area (TPSA) is 0 Å². The Kier molecular flexibility index (Phi) is 8.60. The molecule has 0 bridgehead atoms. The third-order valence-corrected chi connectivity index (χ3v) is 26.8. The van der Waals surface area contributed by atoms with Crippen LogP contribution in [0.2, 0.25) is 8.26 Å². The molecule has 0 nitrogen and oxygen atoms in total. The Morgan fingerprint density at radius 3 is 2.05 bits per heavy atom. The summed E-state index contributed by atoms with van der Waals surface area (Å²) in [6.45, 7) is 14.3. The average molecular weight is 619 g/mol. The number of hydrogen-bond acceptors (Lipinski definition) is 0. The van der Waals surface area contributed by atoms with Crippen LogP contribution in [-0.2, 0) is 35.5 Å². The summed E-state index contributed by atoms with van der Waals surface area (Å²) in [5.74, 6) is 0. The Balaban J connectivity index is 0.00000190. The molecule has 0 unspecified atom stereocenters. The molecule has 0 N–H and O–H groups in total. The molecule has 0 spiro atoms. The van der Waals surface area contributed by atoms with Crippen LogP contribution in [0.1, 0.15) is 102 Å². The monoisotopic (exact) mass is 616 g/mol. The quantitative estimate of drug-likeness (QED) is 0.274. The summed E-state index contributed by atoms with van der Waals surface area (Å²) in [4.78, 5) is 0. The molecule has 202 valence electrons. The molecule has 1 fully saturated rings. The van der Waals surface area contributed by atoms with E-state index >= 15 is 0 Å². The summed E-state index contributed by atoms with van der Waals surface area (Å²) in [5.41, 5.74) is 9.45. The van der Waals surface area contributed by atoms with Crippen LogP contribution in [0, 0.1) is 0 Å². The molecular weight excluding hydrogens is 571 g/mol. The van der Waals surface area contributed by atoms with Crippen LogP contribution in [0.4, 0.5) is 0 Å². The van der Waals surface area contributed by atoms with Gasteiger partial charge in [0, 0.05) is 0 Å². The normalized spacial score (nSPS) is 18.0. The van der Waals surface area contributed by atoms with E-state index in [-0.39, 0.29) is 35.6 Å². The first-order valence-corrected chi connectivity index (χ1v) is 22.1. The van der Waals surface area contributed by atoms with E-state index in [1.165, 1.54) is 54.4 Å². The van der Waals surface area contributed by atoms with E-state index in [4.69, 9.17) is 4.21 Å². The van der Waals surface area contributed by atoms with Gasteiger partial charge in [-0.05, 0) is 0 Å². The van der Waals surface area contributed by atoms with Gasteiger partial charge in [-0.25, -0.2) is 0 Å². The van der Waals surface area contributed by atoms with Gasteiger partial charge in [-0.1, -0.05) is 0 Å². The molecule has 0 heterocycles. The molecule has 0 atom stereocenters. The van der Waals surface area contributed by atoms with Gasteiger partial charge in [0.25, 0.3) is 0 Å². The Bertz CT molecular complexity index is 1310. The second-order valence-electron chi connectivity index (χ2n) is 14.3. The van der Waals surface area contributed by atoms with Gasteiger partial charge in [-0.2, -0.15) is 0 Å². The number of hydrogen-bond donors (Lipinski definition) is 0. The predicted octanol–water partition coefficient (Wildman–Crippen LogP) is 10.1. The molecule has 0 aromatic heterocycles. The predicted molar refractivity (Wildman–Crippen MR) is 168 cm³/mol. The molecule has 0 saturated heterocycles. The standard InChI is InChI=1S/C21H25.C6H11.C5H5.CH3.CH2.2ClH.Zr/c1-20(2,3)16-7-9-18-14(12-16)11-15-13-17(21(4,5)6)8-10-19(15)18;1-2-4-6-5-3-1;1-2-4-5-3-1;;;;;/h7-10,12H,11H2,1-6H3;1H,2-6H2;1-3H,4H2;1H3;1H2;2*1H;. The molecule has 2 aromatic carbocycles. The van der Waals surface area contributed by atoms with Gasteiger partial charge in [0.2, 0.25) is 0 Å². The van der Waals surface area contributed by atoms with Crippen molar-refractivity contribution in [2.45, 2.75) is 106 Å². The van der Waals surface area contributed by atoms with Crippen LogP contribution in [0.3, 0.4) is 0 Å². The zero-order valence-electron chi connectivity index (χ0n) is 24.2. The molecule has 37 heavy (non-hydrogen) atoms. The van der Waals surface area contributed by atoms with Gasteiger partial charge in [0.05, 0.1) is 0 Å². The van der Waals surface area contributed by atoms with Gasteiger partial charge < -0.3 is 0 Å². The van der Waals surface area contributed by atoms with E-state index in [1.54, 1.807) is 17.7 Å². The number of allylic oxidation sites excluding steroid dienone is 4. The molecule has 0 radical (unpaired) electrons. The van der Waals surface area contributed by atoms with Crippen molar-refractivity contribution < 1.29 is 18.3 Å². The molecule has 3 heteroatoms. The first kappa shape index (κ1) is 30.8. The summed E-state index contributed by atoms with van der Waals surface area (Å²) in [5, 5.41) is 0. The van der Waals surface area contributed by atoms with Crippen LogP contribution >= 0.6 is 24.8 Å². The van der Waals surface area contributed by atoms with Gasteiger partial charge in [-0.15, -0.1) is 24.8 Å². The van der Waals surface area contributed by atoms with Crippen molar-refractivity contribution in [3.8, 4) is 11.1 Å². The van der Waals surface area contributed by atoms with E-state index in [0.29, 0.717) is 0 Å². The van der Waals surface area contributed by atoms with Crippen LogP contribution in [0.5, 0.6) is 0 Å². The zero-order chi connectivity index (χ0) is 25.2. The zero-order valence-corrected chi connectivity index (χ0v) is 28.3. The second kappa shape index (κ2) is 10.3. The van der Waals surface area contributed by atoms with Gasteiger partial charge >= 0.3 is 217 Å². The molecule has 3 aliphatic carbocycles. The Morgan fingerprint density at radius 2 is 1.49 bits per heavy atom. The van der Waals surface area contributed by atoms with Gasteiger partial charge in [0.1, 0.15) is 0 Å². The van der Waals surface area contributed by atoms with E-state index in [9.17, 15) is 0 Å². The van der Waals surface area contributed by atoms with Crippen molar-refractivity contribution in [2.75, 3.05) is 0 Å². The first-order valence-electron chi connectivity index (χ1n) is 14.0. The number of benzene rings is 2. The third-order valence-electron chi connectivity index (χ3n) is 9.82. The Morgan fingerprint density at radius 1 is 0.838 bits per heavy atom. The first-order chi connectivity index (χ1) is 16.3. The summed E-state index contributed by atoms with van der Waals surface area (Å²) < 4.78 is 12.5. The molecule has 2 aromatic rings. The molecular formula is C34H48Cl2Zr. The molecule has 1 saturated carbocycles. The van der Waals surface area contributed by atoms with Crippen molar-refractivity contribution in [1.82, 2.24) is 0 Å². The number of fused-ring (bicyclic) bond motifs is 3. The van der Waals surface area contributed by atoms with E-state index in [0.717, 1.165) is 16.5 Å². The Hall–Kier alpha value is -0.747. The van der Waals surface area contributed by atoms with Crippen molar-refractivity contribution in [3.63, 3.8) is 0 Å². The van der Waals surface area contributed by atoms with Crippen molar-refractivity contribution >= 4 is 32.3 Å². The third kappa shape index (κ3) is 5.00. The fraction of sp³-hybridized carbons (Fsp3) is 0.500. The summed E-state index contributed by atoms with van der Waals surface area (Å²) in [6.07, 6.45) is 16.3. The van der Waals surface area contributed by atoms with Crippen molar-refractivity contribution in [2.24, 2.45) is 0 Å². The molecule has 5 rings (SSSR count). The fourth-order valence-corrected chi connectivity index (χ4v) is 24.2. The van der Waals surface area contributed by atoms with Gasteiger partial charge in [-0.3, -0.25) is 0 Å². The summed E-state index contributed by atoms with van der Waals surface area (Å²) >= 11 is -3.88. The second-order valence-corrected chi connectivity index (χ2v) is 29.5. The van der Waals surface area contributed by atoms with Crippen LogP contribution < -0.4 is 3.27 Å². The maximum atomic E-state index is 5.55. The molecule has 0 aliphatic heterocycles. The number of rotatable bonds is 3. The van der Waals surface area contributed by atoms with Crippen molar-refractivity contribution in [1.29, 1.82) is 0 Å². The van der Waals surface area contributed by atoms with E-state index in [2.05, 4.69) is 94.7 Å². The molecule has 3 aliphatic rings. The summed E-state index contributed by atoms with van der Waals surface area (Å²) in [7, 11) is 0. The van der Waals surface area contributed by atoms with Crippen molar-refractivity contribution in [3.05, 3.63) is 74.1 Å². The SMILES string of the molecule is Cl.Cl.[CH2]=[Zr]([CH3])([C]1=CC=CC1)([c]1c(C(C)(C)C)ccc2c1Cc1cc(C(C)(C)C)ccc1-2)[CH]1CCCCC1. The fourth-order valence-electron chi connectivity index (χ4n) is 7.64. The van der Waals surface area contributed by atoms with Crippen LogP contribution in [0.25, 0.3) is 11.1 Å². The average Bonchev–Trinajstić information content (AvgIpc) is 3.46. The minimum atomic E-state index is -3.88. The van der Waals surface area contributed by atoms with E-state index < -0.39 is 18.3 Å². The maximum absolute atomic E-state index is 5.55. The summed E-state index contributed by atoms with van der Waals surface area (Å²) in [6, 6.07) is 12.3. The van der Waals surface area contributed by atoms with Gasteiger partial charge in [0.15, 0.2) is 0 Å². The molecule has 0 amide bonds. The minimum absolute atomic E-state index is 0. The van der Waals surface area contributed by atoms with E-state index in [1.807, 2.05) is 0 Å². The van der Waals surface area contributed by atoms with Crippen LogP contribution in [0.15, 0.2) is 51.8 Å².